The van der Waals surface area contributed by atoms with Gasteiger partial charge in [-0.25, -0.2) is 0 Å². The zero-order valence-corrected chi connectivity index (χ0v) is 28.7. The SMILES string of the molecule is CCCCCC[C@H]1CC[C@H](CCCOc2ccc(-c3ccc(OCCC[C@H]4CC[C@H](CCCCCC)CC4)cc3)cc2)CC1. The molecule has 2 nitrogen and oxygen atoms in total. The minimum Gasteiger partial charge on any atom is -0.494 e. The van der Waals surface area contributed by atoms with Crippen LogP contribution in [0.25, 0.3) is 11.1 Å². The van der Waals surface area contributed by atoms with Crippen molar-refractivity contribution in [1.82, 2.24) is 0 Å². The van der Waals surface area contributed by atoms with Crippen LogP contribution in [0.4, 0.5) is 0 Å². The van der Waals surface area contributed by atoms with Crippen LogP contribution in [0.5, 0.6) is 11.5 Å². The molecule has 44 heavy (non-hydrogen) atoms. The Morgan fingerprint density at radius 1 is 0.409 bits per heavy atom. The highest BCUT2D eigenvalue weighted by Crippen LogP contribution is 2.35. The van der Waals surface area contributed by atoms with E-state index in [2.05, 4.69) is 62.4 Å². The van der Waals surface area contributed by atoms with Crippen LogP contribution in [0.1, 0.15) is 155 Å². The lowest BCUT2D eigenvalue weighted by atomic mass is 9.78. The molecule has 246 valence electrons. The maximum absolute atomic E-state index is 6.11. The molecule has 0 spiro atoms. The van der Waals surface area contributed by atoms with Gasteiger partial charge in [0.05, 0.1) is 13.2 Å². The van der Waals surface area contributed by atoms with Crippen molar-refractivity contribution in [3.05, 3.63) is 48.5 Å². The van der Waals surface area contributed by atoms with Gasteiger partial charge >= 0.3 is 0 Å². The van der Waals surface area contributed by atoms with E-state index in [1.807, 2.05) is 0 Å². The molecule has 2 aromatic carbocycles. The van der Waals surface area contributed by atoms with Gasteiger partial charge in [0.1, 0.15) is 11.5 Å². The van der Waals surface area contributed by atoms with Crippen molar-refractivity contribution in [1.29, 1.82) is 0 Å². The van der Waals surface area contributed by atoms with Gasteiger partial charge in [0.15, 0.2) is 0 Å². The molecule has 4 rings (SSSR count). The van der Waals surface area contributed by atoms with Gasteiger partial charge in [0.2, 0.25) is 0 Å². The Labute approximate surface area is 272 Å². The fourth-order valence-corrected chi connectivity index (χ4v) is 7.95. The summed E-state index contributed by atoms with van der Waals surface area (Å²) in [7, 11) is 0. The van der Waals surface area contributed by atoms with Crippen LogP contribution in [-0.2, 0) is 0 Å². The molecule has 0 atom stereocenters. The Bertz CT molecular complexity index is 882. The largest absolute Gasteiger partial charge is 0.494 e. The Balaban J connectivity index is 1.04. The number of rotatable bonds is 21. The average Bonchev–Trinajstić information content (AvgIpc) is 3.07. The van der Waals surface area contributed by atoms with Crippen molar-refractivity contribution in [3.8, 4) is 22.6 Å². The number of hydrogen-bond donors (Lipinski definition) is 0. The van der Waals surface area contributed by atoms with E-state index in [1.54, 1.807) is 0 Å². The maximum Gasteiger partial charge on any atom is 0.119 e. The zero-order chi connectivity index (χ0) is 30.7. The van der Waals surface area contributed by atoms with Gasteiger partial charge in [-0.2, -0.15) is 0 Å². The lowest BCUT2D eigenvalue weighted by Crippen LogP contribution is -2.15. The summed E-state index contributed by atoms with van der Waals surface area (Å²) in [6, 6.07) is 17.3. The molecule has 2 aliphatic rings. The molecule has 2 fully saturated rings. The van der Waals surface area contributed by atoms with Crippen LogP contribution >= 0.6 is 0 Å². The minimum atomic E-state index is 0.836. The fraction of sp³-hybridized carbons (Fsp3) is 0.714. The zero-order valence-electron chi connectivity index (χ0n) is 28.7. The summed E-state index contributed by atoms with van der Waals surface area (Å²) in [5.41, 5.74) is 2.47. The second-order valence-corrected chi connectivity index (χ2v) is 14.5. The summed E-state index contributed by atoms with van der Waals surface area (Å²) in [6.07, 6.45) is 30.9. The lowest BCUT2D eigenvalue weighted by Gasteiger charge is -2.28. The van der Waals surface area contributed by atoms with E-state index in [9.17, 15) is 0 Å². The highest BCUT2D eigenvalue weighted by Gasteiger charge is 2.21. The van der Waals surface area contributed by atoms with Gasteiger partial charge in [0.25, 0.3) is 0 Å². The third-order valence-electron chi connectivity index (χ3n) is 11.0. The van der Waals surface area contributed by atoms with Crippen LogP contribution in [0.3, 0.4) is 0 Å². The molecule has 2 aliphatic carbocycles. The first-order valence-corrected chi connectivity index (χ1v) is 19.2. The molecular weight excluding hydrogens is 536 g/mol. The molecule has 2 aromatic rings. The van der Waals surface area contributed by atoms with E-state index in [0.717, 1.165) is 48.4 Å². The number of unbranched alkanes of at least 4 members (excludes halogenated alkanes) is 6. The van der Waals surface area contributed by atoms with E-state index in [-0.39, 0.29) is 0 Å². The summed E-state index contributed by atoms with van der Waals surface area (Å²) < 4.78 is 12.2. The smallest absolute Gasteiger partial charge is 0.119 e. The van der Waals surface area contributed by atoms with Crippen molar-refractivity contribution in [3.63, 3.8) is 0 Å². The quantitative estimate of drug-likeness (QED) is 0.132. The van der Waals surface area contributed by atoms with Crippen molar-refractivity contribution < 1.29 is 9.47 Å². The molecule has 0 N–H and O–H groups in total. The monoisotopic (exact) mass is 603 g/mol. The molecular formula is C42H66O2. The Kier molecular flexibility index (Phi) is 16.6. The highest BCUT2D eigenvalue weighted by molar-refractivity contribution is 5.64. The van der Waals surface area contributed by atoms with Crippen molar-refractivity contribution >= 4 is 0 Å². The third kappa shape index (κ3) is 13.2. The van der Waals surface area contributed by atoms with Crippen LogP contribution in [0.15, 0.2) is 48.5 Å². The molecule has 0 bridgehead atoms. The molecule has 0 saturated heterocycles. The Morgan fingerprint density at radius 3 is 1.05 bits per heavy atom. The first-order valence-electron chi connectivity index (χ1n) is 19.2. The van der Waals surface area contributed by atoms with Gasteiger partial charge in [-0.05, 0) is 84.7 Å². The number of hydrogen-bond acceptors (Lipinski definition) is 2. The maximum atomic E-state index is 6.11. The van der Waals surface area contributed by atoms with E-state index < -0.39 is 0 Å². The molecule has 0 aliphatic heterocycles. The predicted octanol–water partition coefficient (Wildman–Crippen LogP) is 13.2. The summed E-state index contributed by atoms with van der Waals surface area (Å²) >= 11 is 0. The van der Waals surface area contributed by atoms with E-state index in [0.29, 0.717) is 0 Å². The van der Waals surface area contributed by atoms with E-state index in [1.165, 1.54) is 152 Å². The van der Waals surface area contributed by atoms with Crippen LogP contribution in [0.2, 0.25) is 0 Å². The Hall–Kier alpha value is -1.96. The van der Waals surface area contributed by atoms with Crippen molar-refractivity contribution in [2.45, 2.75) is 155 Å². The summed E-state index contributed by atoms with van der Waals surface area (Å²) in [5, 5.41) is 0. The minimum absolute atomic E-state index is 0.836. The molecule has 0 heterocycles. The summed E-state index contributed by atoms with van der Waals surface area (Å²) in [6.45, 7) is 6.29. The molecule has 0 unspecified atom stereocenters. The standard InChI is InChI=1S/C42H66O2/c1-3-5-7-9-13-35-17-21-37(22-18-35)15-11-33-43-41-29-25-39(26-30-41)40-27-31-42(32-28-40)44-34-12-16-38-23-19-36(20-24-38)14-10-8-6-4-2/h25-32,35-38H,3-24,33-34H2,1-2H3/t35-,36-,37-,38-. The normalized spacial score (nSPS) is 22.1. The number of ether oxygens (including phenoxy) is 2. The van der Waals surface area contributed by atoms with Gasteiger partial charge in [-0.1, -0.05) is 154 Å². The summed E-state index contributed by atoms with van der Waals surface area (Å²) in [5.74, 6) is 5.85. The molecule has 2 saturated carbocycles. The molecule has 0 aromatic heterocycles. The van der Waals surface area contributed by atoms with Crippen molar-refractivity contribution in [2.24, 2.45) is 23.7 Å². The van der Waals surface area contributed by atoms with Crippen LogP contribution < -0.4 is 9.47 Å². The molecule has 0 radical (unpaired) electrons. The average molecular weight is 603 g/mol. The van der Waals surface area contributed by atoms with Crippen LogP contribution in [-0.4, -0.2) is 13.2 Å². The highest BCUT2D eigenvalue weighted by atomic mass is 16.5. The predicted molar refractivity (Wildman–Crippen MR) is 190 cm³/mol. The first kappa shape index (κ1) is 34.9. The van der Waals surface area contributed by atoms with Crippen molar-refractivity contribution in [2.75, 3.05) is 13.2 Å². The topological polar surface area (TPSA) is 18.5 Å². The van der Waals surface area contributed by atoms with Gasteiger partial charge < -0.3 is 9.47 Å². The Morgan fingerprint density at radius 2 is 0.727 bits per heavy atom. The van der Waals surface area contributed by atoms with E-state index >= 15 is 0 Å². The molecule has 2 heteroatoms. The summed E-state index contributed by atoms with van der Waals surface area (Å²) in [4.78, 5) is 0. The van der Waals surface area contributed by atoms with Gasteiger partial charge in [-0.3, -0.25) is 0 Å². The number of benzene rings is 2. The lowest BCUT2D eigenvalue weighted by molar-refractivity contribution is 0.228. The molecule has 0 amide bonds. The second-order valence-electron chi connectivity index (χ2n) is 14.5. The first-order chi connectivity index (χ1) is 21.7. The fourth-order valence-electron chi connectivity index (χ4n) is 7.95. The van der Waals surface area contributed by atoms with E-state index in [4.69, 9.17) is 9.47 Å². The third-order valence-corrected chi connectivity index (χ3v) is 11.0. The van der Waals surface area contributed by atoms with Gasteiger partial charge in [0, 0.05) is 0 Å². The second kappa shape index (κ2) is 21.0. The van der Waals surface area contributed by atoms with Crippen LogP contribution in [0, 0.1) is 23.7 Å². The van der Waals surface area contributed by atoms with Gasteiger partial charge in [-0.15, -0.1) is 0 Å².